The second-order valence-corrected chi connectivity index (χ2v) is 7.31. The first-order valence-corrected chi connectivity index (χ1v) is 6.28. The van der Waals surface area contributed by atoms with E-state index in [1.807, 2.05) is 13.8 Å². The molecule has 1 amide bonds. The second-order valence-electron chi connectivity index (χ2n) is 7.31. The Morgan fingerprint density at radius 1 is 1.00 bits per heavy atom. The van der Waals surface area contributed by atoms with Gasteiger partial charge in [0.05, 0.1) is 0 Å². The first kappa shape index (κ1) is 15.7. The van der Waals surface area contributed by atoms with Crippen LogP contribution in [0.1, 0.15) is 54.4 Å². The highest BCUT2D eigenvalue weighted by atomic mass is 35.5. The molecule has 0 bridgehead atoms. The van der Waals surface area contributed by atoms with Crippen molar-refractivity contribution < 1.29 is 9.53 Å². The van der Waals surface area contributed by atoms with E-state index in [0.717, 1.165) is 12.8 Å². The van der Waals surface area contributed by atoms with Gasteiger partial charge in [0, 0.05) is 23.9 Å². The highest BCUT2D eigenvalue weighted by Crippen LogP contribution is 2.42. The van der Waals surface area contributed by atoms with E-state index in [4.69, 9.17) is 4.74 Å². The molecule has 18 heavy (non-hydrogen) atoms. The maximum atomic E-state index is 11.9. The third-order valence-electron chi connectivity index (χ3n) is 3.47. The van der Waals surface area contributed by atoms with Crippen molar-refractivity contribution in [3.05, 3.63) is 0 Å². The first-order chi connectivity index (χ1) is 7.46. The van der Waals surface area contributed by atoms with Crippen molar-refractivity contribution in [3.8, 4) is 0 Å². The molecule has 2 aliphatic rings. The van der Waals surface area contributed by atoms with E-state index in [9.17, 15) is 4.79 Å². The SMILES string of the molecule is CC1(C)CC2(CC(C)(C)N1)NC(=O)C(C)(C)O2.Cl. The Bertz CT molecular complexity index is 348. The molecule has 4 nitrogen and oxygen atoms in total. The van der Waals surface area contributed by atoms with Gasteiger partial charge < -0.3 is 15.4 Å². The summed E-state index contributed by atoms with van der Waals surface area (Å²) in [6.07, 6.45) is 1.58. The van der Waals surface area contributed by atoms with Crippen LogP contribution in [-0.2, 0) is 9.53 Å². The molecular weight excluding hydrogens is 252 g/mol. The summed E-state index contributed by atoms with van der Waals surface area (Å²) in [7, 11) is 0. The molecule has 106 valence electrons. The number of piperidine rings is 1. The molecule has 5 heteroatoms. The van der Waals surface area contributed by atoms with Crippen molar-refractivity contribution in [2.45, 2.75) is 76.8 Å². The number of nitrogens with one attached hydrogen (secondary N) is 2. The smallest absolute Gasteiger partial charge is 0.253 e. The van der Waals surface area contributed by atoms with E-state index in [1.54, 1.807) is 0 Å². The molecular formula is C13H25ClN2O2. The van der Waals surface area contributed by atoms with Crippen LogP contribution in [0.3, 0.4) is 0 Å². The van der Waals surface area contributed by atoms with Gasteiger partial charge in [-0.3, -0.25) is 4.79 Å². The molecule has 2 fully saturated rings. The van der Waals surface area contributed by atoms with Crippen molar-refractivity contribution in [3.63, 3.8) is 0 Å². The van der Waals surface area contributed by atoms with Crippen LogP contribution in [0.15, 0.2) is 0 Å². The Kier molecular flexibility index (Phi) is 3.57. The Morgan fingerprint density at radius 3 is 1.78 bits per heavy atom. The van der Waals surface area contributed by atoms with Gasteiger partial charge in [0.15, 0.2) is 0 Å². The van der Waals surface area contributed by atoms with Crippen LogP contribution in [0.2, 0.25) is 0 Å². The summed E-state index contributed by atoms with van der Waals surface area (Å²) in [6.45, 7) is 12.3. The van der Waals surface area contributed by atoms with Crippen molar-refractivity contribution in [2.24, 2.45) is 0 Å². The fourth-order valence-electron chi connectivity index (χ4n) is 3.57. The molecule has 0 aromatic carbocycles. The predicted molar refractivity (Wildman–Crippen MR) is 73.8 cm³/mol. The van der Waals surface area contributed by atoms with Gasteiger partial charge in [-0.15, -0.1) is 12.4 Å². The molecule has 0 aliphatic carbocycles. The average molecular weight is 277 g/mol. The lowest BCUT2D eigenvalue weighted by Crippen LogP contribution is -2.66. The number of rotatable bonds is 0. The number of carbonyl (C=O) groups excluding carboxylic acids is 1. The topological polar surface area (TPSA) is 50.4 Å². The number of carbonyl (C=O) groups is 1. The van der Waals surface area contributed by atoms with Gasteiger partial charge in [0.2, 0.25) is 0 Å². The lowest BCUT2D eigenvalue weighted by molar-refractivity contribution is -0.147. The number of hydrogen-bond acceptors (Lipinski definition) is 3. The van der Waals surface area contributed by atoms with Crippen molar-refractivity contribution >= 4 is 18.3 Å². The fourth-order valence-corrected chi connectivity index (χ4v) is 3.57. The van der Waals surface area contributed by atoms with Gasteiger partial charge in [-0.1, -0.05) is 0 Å². The van der Waals surface area contributed by atoms with E-state index >= 15 is 0 Å². The molecule has 0 atom stereocenters. The molecule has 0 radical (unpaired) electrons. The summed E-state index contributed by atoms with van der Waals surface area (Å²) >= 11 is 0. The standard InChI is InChI=1S/C13H24N2O2.ClH/c1-10(2)7-13(8-11(3,4)15-10)14-9(16)12(5,6)17-13;/h15H,7-8H2,1-6H3,(H,14,16);1H. The normalized spacial score (nSPS) is 30.7. The summed E-state index contributed by atoms with van der Waals surface area (Å²) in [5, 5.41) is 6.66. The van der Waals surface area contributed by atoms with Gasteiger partial charge in [0.25, 0.3) is 5.91 Å². The highest BCUT2D eigenvalue weighted by molar-refractivity contribution is 5.86. The first-order valence-electron chi connectivity index (χ1n) is 6.28. The summed E-state index contributed by atoms with van der Waals surface area (Å²) in [5.74, 6) is -0.00833. The second kappa shape index (κ2) is 4.09. The van der Waals surface area contributed by atoms with Crippen LogP contribution in [0.25, 0.3) is 0 Å². The zero-order valence-electron chi connectivity index (χ0n) is 12.1. The van der Waals surface area contributed by atoms with E-state index in [2.05, 4.69) is 38.3 Å². The molecule has 2 saturated heterocycles. The Labute approximate surface area is 116 Å². The maximum Gasteiger partial charge on any atom is 0.253 e. The molecule has 0 saturated carbocycles. The third kappa shape index (κ3) is 2.81. The molecule has 0 unspecified atom stereocenters. The van der Waals surface area contributed by atoms with Gasteiger partial charge in [0.1, 0.15) is 11.3 Å². The van der Waals surface area contributed by atoms with Gasteiger partial charge in [-0.05, 0) is 41.5 Å². The van der Waals surface area contributed by atoms with Crippen molar-refractivity contribution in [1.29, 1.82) is 0 Å². The van der Waals surface area contributed by atoms with Crippen LogP contribution in [-0.4, -0.2) is 28.3 Å². The predicted octanol–water partition coefficient (Wildman–Crippen LogP) is 1.97. The zero-order chi connectivity index (χ0) is 13.1. The number of amides is 1. The molecule has 2 aliphatic heterocycles. The summed E-state index contributed by atoms with van der Waals surface area (Å²) in [5.41, 5.74) is -1.33. The minimum atomic E-state index is -0.719. The Balaban J connectivity index is 0.00000162. The number of hydrogen-bond donors (Lipinski definition) is 2. The van der Waals surface area contributed by atoms with Crippen molar-refractivity contribution in [1.82, 2.24) is 10.6 Å². The number of halogens is 1. The minimum absolute atomic E-state index is 0. The van der Waals surface area contributed by atoms with Gasteiger partial charge in [-0.2, -0.15) is 0 Å². The van der Waals surface area contributed by atoms with Crippen molar-refractivity contribution in [2.75, 3.05) is 0 Å². The lowest BCUT2D eigenvalue weighted by Gasteiger charge is -2.51. The number of ether oxygens (including phenoxy) is 1. The molecule has 0 aromatic rings. The quantitative estimate of drug-likeness (QED) is 0.711. The molecule has 2 heterocycles. The zero-order valence-corrected chi connectivity index (χ0v) is 13.0. The van der Waals surface area contributed by atoms with Crippen LogP contribution >= 0.6 is 12.4 Å². The molecule has 1 spiro atoms. The highest BCUT2D eigenvalue weighted by Gasteiger charge is 2.56. The maximum absolute atomic E-state index is 11.9. The minimum Gasteiger partial charge on any atom is -0.340 e. The average Bonchev–Trinajstić information content (AvgIpc) is 2.11. The van der Waals surface area contributed by atoms with Crippen LogP contribution in [0.4, 0.5) is 0 Å². The summed E-state index contributed by atoms with van der Waals surface area (Å²) < 4.78 is 6.06. The van der Waals surface area contributed by atoms with E-state index in [1.165, 1.54) is 0 Å². The van der Waals surface area contributed by atoms with Crippen LogP contribution < -0.4 is 10.6 Å². The molecule has 0 aromatic heterocycles. The molecule has 2 rings (SSSR count). The third-order valence-corrected chi connectivity index (χ3v) is 3.47. The summed E-state index contributed by atoms with van der Waals surface area (Å²) in [4.78, 5) is 11.9. The summed E-state index contributed by atoms with van der Waals surface area (Å²) in [6, 6.07) is 0. The Hall–Kier alpha value is -0.320. The van der Waals surface area contributed by atoms with Crippen LogP contribution in [0.5, 0.6) is 0 Å². The Morgan fingerprint density at radius 2 is 1.44 bits per heavy atom. The largest absolute Gasteiger partial charge is 0.340 e. The lowest BCUT2D eigenvalue weighted by atomic mass is 9.77. The fraction of sp³-hybridized carbons (Fsp3) is 0.923. The van der Waals surface area contributed by atoms with E-state index in [-0.39, 0.29) is 29.4 Å². The van der Waals surface area contributed by atoms with E-state index in [0.29, 0.717) is 0 Å². The molecule has 2 N–H and O–H groups in total. The van der Waals surface area contributed by atoms with Gasteiger partial charge >= 0.3 is 0 Å². The van der Waals surface area contributed by atoms with Gasteiger partial charge in [-0.25, -0.2) is 0 Å². The van der Waals surface area contributed by atoms with Crippen LogP contribution in [0, 0.1) is 0 Å². The van der Waals surface area contributed by atoms with E-state index < -0.39 is 11.3 Å². The monoisotopic (exact) mass is 276 g/mol.